The third-order valence-electron chi connectivity index (χ3n) is 3.30. The fraction of sp³-hybridized carbons (Fsp3) is 0.235. The maximum Gasteiger partial charge on any atom is 0.234 e. The molecule has 0 spiro atoms. The number of rotatable bonds is 6. The SMILES string of the molecule is Cc1ccccc1CNC(=O)CNCc1ccccc1Cl. The smallest absolute Gasteiger partial charge is 0.234 e. The van der Waals surface area contributed by atoms with Crippen molar-refractivity contribution in [2.45, 2.75) is 20.0 Å². The standard InChI is InChI=1S/C17H19ClN2O/c1-13-6-2-3-7-14(13)11-20-17(21)12-19-10-15-8-4-5-9-16(15)18/h2-9,19H,10-12H2,1H3,(H,20,21). The Morgan fingerprint density at radius 3 is 2.38 bits per heavy atom. The van der Waals surface area contributed by atoms with Gasteiger partial charge in [-0.15, -0.1) is 0 Å². The summed E-state index contributed by atoms with van der Waals surface area (Å²) < 4.78 is 0. The van der Waals surface area contributed by atoms with Crippen LogP contribution in [-0.4, -0.2) is 12.5 Å². The molecular weight excluding hydrogens is 284 g/mol. The molecule has 2 aromatic rings. The number of halogens is 1. The van der Waals surface area contributed by atoms with Gasteiger partial charge in [-0.2, -0.15) is 0 Å². The van der Waals surface area contributed by atoms with Gasteiger partial charge in [0.25, 0.3) is 0 Å². The van der Waals surface area contributed by atoms with Gasteiger partial charge in [0.1, 0.15) is 0 Å². The van der Waals surface area contributed by atoms with Crippen molar-refractivity contribution in [3.63, 3.8) is 0 Å². The summed E-state index contributed by atoms with van der Waals surface area (Å²) in [5.41, 5.74) is 3.31. The zero-order valence-electron chi connectivity index (χ0n) is 12.0. The minimum Gasteiger partial charge on any atom is -0.351 e. The van der Waals surface area contributed by atoms with Gasteiger partial charge in [-0.05, 0) is 29.7 Å². The molecule has 3 nitrogen and oxygen atoms in total. The van der Waals surface area contributed by atoms with Crippen LogP contribution in [0.25, 0.3) is 0 Å². The second kappa shape index (κ2) is 7.81. The molecule has 0 aliphatic heterocycles. The van der Waals surface area contributed by atoms with Gasteiger partial charge in [-0.1, -0.05) is 54.1 Å². The highest BCUT2D eigenvalue weighted by Crippen LogP contribution is 2.14. The molecule has 2 aromatic carbocycles. The van der Waals surface area contributed by atoms with E-state index in [4.69, 9.17) is 11.6 Å². The number of hydrogen-bond donors (Lipinski definition) is 2. The third-order valence-corrected chi connectivity index (χ3v) is 3.66. The number of amides is 1. The number of carbonyl (C=O) groups excluding carboxylic acids is 1. The Morgan fingerprint density at radius 1 is 1.00 bits per heavy atom. The van der Waals surface area contributed by atoms with E-state index in [2.05, 4.69) is 10.6 Å². The first kappa shape index (κ1) is 15.5. The second-order valence-corrected chi connectivity index (χ2v) is 5.31. The average molecular weight is 303 g/mol. The number of aryl methyl sites for hydroxylation is 1. The van der Waals surface area contributed by atoms with Crippen molar-refractivity contribution in [3.8, 4) is 0 Å². The molecule has 0 aliphatic carbocycles. The van der Waals surface area contributed by atoms with Crippen molar-refractivity contribution in [1.82, 2.24) is 10.6 Å². The fourth-order valence-electron chi connectivity index (χ4n) is 2.02. The first-order valence-corrected chi connectivity index (χ1v) is 7.30. The van der Waals surface area contributed by atoms with Crippen molar-refractivity contribution in [3.05, 3.63) is 70.2 Å². The molecule has 0 aliphatic rings. The lowest BCUT2D eigenvalue weighted by molar-refractivity contribution is -0.120. The summed E-state index contributed by atoms with van der Waals surface area (Å²) in [4.78, 5) is 11.8. The topological polar surface area (TPSA) is 41.1 Å². The Hall–Kier alpha value is -1.84. The van der Waals surface area contributed by atoms with E-state index in [1.807, 2.05) is 55.5 Å². The monoisotopic (exact) mass is 302 g/mol. The van der Waals surface area contributed by atoms with E-state index in [0.717, 1.165) is 11.1 Å². The molecule has 2 rings (SSSR count). The highest BCUT2D eigenvalue weighted by Gasteiger charge is 2.03. The Labute approximate surface area is 130 Å². The summed E-state index contributed by atoms with van der Waals surface area (Å²) in [7, 11) is 0. The van der Waals surface area contributed by atoms with Gasteiger partial charge in [-0.3, -0.25) is 4.79 Å². The minimum absolute atomic E-state index is 0.0229. The van der Waals surface area contributed by atoms with Gasteiger partial charge >= 0.3 is 0 Å². The molecule has 110 valence electrons. The average Bonchev–Trinajstić information content (AvgIpc) is 2.48. The quantitative estimate of drug-likeness (QED) is 0.861. The fourth-order valence-corrected chi connectivity index (χ4v) is 2.22. The van der Waals surface area contributed by atoms with Crippen molar-refractivity contribution in [1.29, 1.82) is 0 Å². The molecule has 0 atom stereocenters. The lowest BCUT2D eigenvalue weighted by Gasteiger charge is -2.09. The summed E-state index contributed by atoms with van der Waals surface area (Å²) in [6, 6.07) is 15.6. The van der Waals surface area contributed by atoms with Crippen LogP contribution in [0.3, 0.4) is 0 Å². The Morgan fingerprint density at radius 2 is 1.67 bits per heavy atom. The normalized spacial score (nSPS) is 10.4. The van der Waals surface area contributed by atoms with Crippen LogP contribution in [0.15, 0.2) is 48.5 Å². The van der Waals surface area contributed by atoms with Gasteiger partial charge in [0.05, 0.1) is 6.54 Å². The second-order valence-electron chi connectivity index (χ2n) is 4.90. The maximum absolute atomic E-state index is 11.8. The number of hydrogen-bond acceptors (Lipinski definition) is 2. The summed E-state index contributed by atoms with van der Waals surface area (Å²) in [5.74, 6) is -0.0229. The van der Waals surface area contributed by atoms with Crippen molar-refractivity contribution >= 4 is 17.5 Å². The van der Waals surface area contributed by atoms with Gasteiger partial charge in [0.15, 0.2) is 0 Å². The van der Waals surface area contributed by atoms with Crippen LogP contribution in [-0.2, 0) is 17.9 Å². The largest absolute Gasteiger partial charge is 0.351 e. The lowest BCUT2D eigenvalue weighted by Crippen LogP contribution is -2.33. The Kier molecular flexibility index (Phi) is 5.78. The zero-order chi connectivity index (χ0) is 15.1. The van der Waals surface area contributed by atoms with E-state index >= 15 is 0 Å². The van der Waals surface area contributed by atoms with E-state index in [0.29, 0.717) is 18.1 Å². The molecule has 1 amide bonds. The lowest BCUT2D eigenvalue weighted by atomic mass is 10.1. The number of benzene rings is 2. The maximum atomic E-state index is 11.8. The predicted octanol–water partition coefficient (Wildman–Crippen LogP) is 3.05. The number of nitrogens with one attached hydrogen (secondary N) is 2. The molecule has 0 saturated heterocycles. The van der Waals surface area contributed by atoms with Crippen LogP contribution in [0.5, 0.6) is 0 Å². The number of carbonyl (C=O) groups is 1. The molecule has 0 bridgehead atoms. The molecule has 0 fully saturated rings. The van der Waals surface area contributed by atoms with Gasteiger partial charge < -0.3 is 10.6 Å². The van der Waals surface area contributed by atoms with Gasteiger partial charge in [0, 0.05) is 18.1 Å². The molecule has 0 saturated carbocycles. The van der Waals surface area contributed by atoms with Crippen LogP contribution in [0, 0.1) is 6.92 Å². The van der Waals surface area contributed by atoms with Crippen LogP contribution in [0.2, 0.25) is 5.02 Å². The molecular formula is C17H19ClN2O. The predicted molar refractivity (Wildman–Crippen MR) is 86.2 cm³/mol. The molecule has 2 N–H and O–H groups in total. The van der Waals surface area contributed by atoms with E-state index < -0.39 is 0 Å². The van der Waals surface area contributed by atoms with Crippen LogP contribution >= 0.6 is 11.6 Å². The zero-order valence-corrected chi connectivity index (χ0v) is 12.8. The molecule has 0 aromatic heterocycles. The third kappa shape index (κ3) is 4.88. The first-order chi connectivity index (χ1) is 10.2. The summed E-state index contributed by atoms with van der Waals surface area (Å²) in [6.07, 6.45) is 0. The van der Waals surface area contributed by atoms with Gasteiger partial charge in [-0.25, -0.2) is 0 Å². The van der Waals surface area contributed by atoms with Gasteiger partial charge in [0.2, 0.25) is 5.91 Å². The van der Waals surface area contributed by atoms with E-state index in [9.17, 15) is 4.79 Å². The van der Waals surface area contributed by atoms with Crippen LogP contribution < -0.4 is 10.6 Å². The summed E-state index contributed by atoms with van der Waals surface area (Å²) >= 11 is 6.06. The van der Waals surface area contributed by atoms with E-state index in [-0.39, 0.29) is 12.5 Å². The van der Waals surface area contributed by atoms with Crippen LogP contribution in [0.4, 0.5) is 0 Å². The molecule has 0 unspecified atom stereocenters. The summed E-state index contributed by atoms with van der Waals surface area (Å²) in [6.45, 7) is 3.45. The minimum atomic E-state index is -0.0229. The highest BCUT2D eigenvalue weighted by molar-refractivity contribution is 6.31. The van der Waals surface area contributed by atoms with Crippen molar-refractivity contribution in [2.75, 3.05) is 6.54 Å². The van der Waals surface area contributed by atoms with E-state index in [1.54, 1.807) is 0 Å². The Balaban J connectivity index is 1.73. The van der Waals surface area contributed by atoms with E-state index in [1.165, 1.54) is 5.56 Å². The van der Waals surface area contributed by atoms with Crippen molar-refractivity contribution < 1.29 is 4.79 Å². The Bertz CT molecular complexity index is 613. The summed E-state index contributed by atoms with van der Waals surface area (Å²) in [5, 5.41) is 6.72. The molecule has 0 radical (unpaired) electrons. The van der Waals surface area contributed by atoms with Crippen LogP contribution in [0.1, 0.15) is 16.7 Å². The highest BCUT2D eigenvalue weighted by atomic mass is 35.5. The molecule has 21 heavy (non-hydrogen) atoms. The van der Waals surface area contributed by atoms with Crippen molar-refractivity contribution in [2.24, 2.45) is 0 Å². The molecule has 4 heteroatoms. The molecule has 0 heterocycles. The first-order valence-electron chi connectivity index (χ1n) is 6.92.